The number of ether oxygens (including phenoxy) is 1. The van der Waals surface area contributed by atoms with Gasteiger partial charge in [-0.25, -0.2) is 0 Å². The SMILES string of the molecule is CNC(c1ccc(OC)c(Br)c1)C1CCCC(C)C1. The maximum Gasteiger partial charge on any atom is 0.133 e. The number of methoxy groups -OCH3 is 1. The molecule has 1 N–H and O–H groups in total. The largest absolute Gasteiger partial charge is 0.496 e. The topological polar surface area (TPSA) is 21.3 Å². The van der Waals surface area contributed by atoms with Crippen LogP contribution in [-0.2, 0) is 0 Å². The highest BCUT2D eigenvalue weighted by Gasteiger charge is 2.27. The molecule has 1 aromatic carbocycles. The molecule has 1 aliphatic rings. The number of rotatable bonds is 4. The lowest BCUT2D eigenvalue weighted by molar-refractivity contribution is 0.230. The Labute approximate surface area is 125 Å². The van der Waals surface area contributed by atoms with Crippen molar-refractivity contribution in [2.75, 3.05) is 14.2 Å². The summed E-state index contributed by atoms with van der Waals surface area (Å²) in [6, 6.07) is 6.88. The second-order valence-electron chi connectivity index (χ2n) is 5.69. The Morgan fingerprint density at radius 2 is 2.16 bits per heavy atom. The molecule has 0 bridgehead atoms. The molecule has 1 aliphatic carbocycles. The summed E-state index contributed by atoms with van der Waals surface area (Å²) in [6.45, 7) is 2.38. The minimum absolute atomic E-state index is 0.449. The third kappa shape index (κ3) is 3.51. The molecule has 3 atom stereocenters. The van der Waals surface area contributed by atoms with Gasteiger partial charge in [-0.2, -0.15) is 0 Å². The molecule has 1 saturated carbocycles. The summed E-state index contributed by atoms with van der Waals surface area (Å²) >= 11 is 3.59. The summed E-state index contributed by atoms with van der Waals surface area (Å²) in [5.41, 5.74) is 1.36. The first-order valence-electron chi connectivity index (χ1n) is 7.16. The molecule has 0 aliphatic heterocycles. The molecule has 2 rings (SSSR count). The molecule has 2 nitrogen and oxygen atoms in total. The van der Waals surface area contributed by atoms with E-state index in [1.54, 1.807) is 7.11 Å². The van der Waals surface area contributed by atoms with Gasteiger partial charge in [0.05, 0.1) is 11.6 Å². The fourth-order valence-electron chi connectivity index (χ4n) is 3.33. The van der Waals surface area contributed by atoms with Gasteiger partial charge in [0, 0.05) is 6.04 Å². The summed E-state index contributed by atoms with van der Waals surface area (Å²) < 4.78 is 6.35. The van der Waals surface area contributed by atoms with Gasteiger partial charge in [-0.15, -0.1) is 0 Å². The first-order valence-corrected chi connectivity index (χ1v) is 7.95. The van der Waals surface area contributed by atoms with E-state index in [-0.39, 0.29) is 0 Å². The van der Waals surface area contributed by atoms with E-state index in [0.29, 0.717) is 6.04 Å². The van der Waals surface area contributed by atoms with E-state index < -0.39 is 0 Å². The lowest BCUT2D eigenvalue weighted by Crippen LogP contribution is -2.29. The van der Waals surface area contributed by atoms with Gasteiger partial charge in [0.1, 0.15) is 5.75 Å². The Morgan fingerprint density at radius 1 is 1.37 bits per heavy atom. The average Bonchev–Trinajstić information content (AvgIpc) is 2.40. The summed E-state index contributed by atoms with van der Waals surface area (Å²) in [6.07, 6.45) is 5.41. The fraction of sp³-hybridized carbons (Fsp3) is 0.625. The number of nitrogens with one attached hydrogen (secondary N) is 1. The van der Waals surface area contributed by atoms with Gasteiger partial charge in [0.25, 0.3) is 0 Å². The van der Waals surface area contributed by atoms with Gasteiger partial charge in [0.2, 0.25) is 0 Å². The predicted molar refractivity (Wildman–Crippen MR) is 83.6 cm³/mol. The summed E-state index contributed by atoms with van der Waals surface area (Å²) in [7, 11) is 3.78. The maximum atomic E-state index is 5.31. The Bertz CT molecular complexity index is 421. The monoisotopic (exact) mass is 325 g/mol. The molecule has 0 saturated heterocycles. The van der Waals surface area contributed by atoms with Crippen molar-refractivity contribution in [3.63, 3.8) is 0 Å². The van der Waals surface area contributed by atoms with Crippen molar-refractivity contribution in [3.8, 4) is 5.75 Å². The van der Waals surface area contributed by atoms with Crippen LogP contribution in [0.15, 0.2) is 22.7 Å². The third-order valence-electron chi connectivity index (χ3n) is 4.29. The third-order valence-corrected chi connectivity index (χ3v) is 4.91. The van der Waals surface area contributed by atoms with Crippen LogP contribution in [-0.4, -0.2) is 14.2 Å². The van der Waals surface area contributed by atoms with Crippen molar-refractivity contribution in [1.29, 1.82) is 0 Å². The number of benzene rings is 1. The summed E-state index contributed by atoms with van der Waals surface area (Å²) in [5, 5.41) is 3.51. The molecular formula is C16H24BrNO. The van der Waals surface area contributed by atoms with Crippen molar-refractivity contribution >= 4 is 15.9 Å². The van der Waals surface area contributed by atoms with E-state index in [9.17, 15) is 0 Å². The van der Waals surface area contributed by atoms with Crippen LogP contribution in [0.4, 0.5) is 0 Å². The van der Waals surface area contributed by atoms with Crippen molar-refractivity contribution in [2.24, 2.45) is 11.8 Å². The number of halogens is 1. The minimum Gasteiger partial charge on any atom is -0.496 e. The molecule has 0 spiro atoms. The molecule has 0 aromatic heterocycles. The lowest BCUT2D eigenvalue weighted by Gasteiger charge is -2.33. The highest BCUT2D eigenvalue weighted by Crippen LogP contribution is 2.38. The Morgan fingerprint density at radius 3 is 2.74 bits per heavy atom. The quantitative estimate of drug-likeness (QED) is 0.877. The van der Waals surface area contributed by atoms with Crippen LogP contribution < -0.4 is 10.1 Å². The van der Waals surface area contributed by atoms with Crippen LogP contribution in [0.2, 0.25) is 0 Å². The highest BCUT2D eigenvalue weighted by atomic mass is 79.9. The summed E-state index contributed by atoms with van der Waals surface area (Å²) in [4.78, 5) is 0. The average molecular weight is 326 g/mol. The predicted octanol–water partition coefficient (Wildman–Crippen LogP) is 4.54. The van der Waals surface area contributed by atoms with Gasteiger partial charge < -0.3 is 10.1 Å². The van der Waals surface area contributed by atoms with Gasteiger partial charge in [-0.05, 0) is 65.4 Å². The zero-order chi connectivity index (χ0) is 13.8. The Balaban J connectivity index is 2.19. The number of hydrogen-bond donors (Lipinski definition) is 1. The molecule has 1 aromatic rings. The molecule has 106 valence electrons. The molecule has 0 amide bonds. The van der Waals surface area contributed by atoms with Crippen LogP contribution >= 0.6 is 15.9 Å². The van der Waals surface area contributed by atoms with Gasteiger partial charge in [0.15, 0.2) is 0 Å². The van der Waals surface area contributed by atoms with Gasteiger partial charge in [-0.3, -0.25) is 0 Å². The van der Waals surface area contributed by atoms with Crippen molar-refractivity contribution < 1.29 is 4.74 Å². The van der Waals surface area contributed by atoms with Crippen LogP contribution in [0.3, 0.4) is 0 Å². The normalized spacial score (nSPS) is 25.1. The van der Waals surface area contributed by atoms with Gasteiger partial charge >= 0.3 is 0 Å². The molecule has 3 heteroatoms. The second kappa shape index (κ2) is 6.76. The zero-order valence-electron chi connectivity index (χ0n) is 12.1. The van der Waals surface area contributed by atoms with E-state index >= 15 is 0 Å². The van der Waals surface area contributed by atoms with E-state index in [2.05, 4.69) is 53.4 Å². The smallest absolute Gasteiger partial charge is 0.133 e. The molecule has 0 heterocycles. The van der Waals surface area contributed by atoms with Crippen LogP contribution in [0.5, 0.6) is 5.75 Å². The molecular weight excluding hydrogens is 302 g/mol. The van der Waals surface area contributed by atoms with E-state index in [1.165, 1.54) is 31.2 Å². The molecule has 3 unspecified atom stereocenters. The summed E-state index contributed by atoms with van der Waals surface area (Å²) in [5.74, 6) is 2.50. The second-order valence-corrected chi connectivity index (χ2v) is 6.55. The number of hydrogen-bond acceptors (Lipinski definition) is 2. The zero-order valence-corrected chi connectivity index (χ0v) is 13.7. The van der Waals surface area contributed by atoms with Crippen molar-refractivity contribution in [1.82, 2.24) is 5.32 Å². The van der Waals surface area contributed by atoms with Gasteiger partial charge in [-0.1, -0.05) is 25.8 Å². The first kappa shape index (κ1) is 14.9. The van der Waals surface area contributed by atoms with E-state index in [0.717, 1.165) is 22.1 Å². The standard InChI is InChI=1S/C16H24BrNO/c1-11-5-4-6-12(9-11)16(18-2)13-7-8-15(19-3)14(17)10-13/h7-8,10-12,16,18H,4-6,9H2,1-3H3. The fourth-order valence-corrected chi connectivity index (χ4v) is 3.89. The van der Waals surface area contributed by atoms with Crippen LogP contribution in [0, 0.1) is 11.8 Å². The maximum absolute atomic E-state index is 5.31. The Kier molecular flexibility index (Phi) is 5.28. The van der Waals surface area contributed by atoms with Crippen molar-refractivity contribution in [2.45, 2.75) is 38.6 Å². The molecule has 1 fully saturated rings. The van der Waals surface area contributed by atoms with E-state index in [4.69, 9.17) is 4.74 Å². The first-order chi connectivity index (χ1) is 9.15. The lowest BCUT2D eigenvalue weighted by atomic mass is 9.77. The Hall–Kier alpha value is -0.540. The van der Waals surface area contributed by atoms with Crippen LogP contribution in [0.25, 0.3) is 0 Å². The van der Waals surface area contributed by atoms with Crippen molar-refractivity contribution in [3.05, 3.63) is 28.2 Å². The molecule has 0 radical (unpaired) electrons. The van der Waals surface area contributed by atoms with Crippen LogP contribution in [0.1, 0.15) is 44.2 Å². The highest BCUT2D eigenvalue weighted by molar-refractivity contribution is 9.10. The van der Waals surface area contributed by atoms with E-state index in [1.807, 2.05) is 0 Å². The molecule has 19 heavy (non-hydrogen) atoms. The minimum atomic E-state index is 0.449.